The molecule has 1 rings (SSSR count). The van der Waals surface area contributed by atoms with Crippen LogP contribution in [0.1, 0.15) is 46.1 Å². The zero-order chi connectivity index (χ0) is 15.1. The van der Waals surface area contributed by atoms with E-state index in [1.165, 1.54) is 18.4 Å². The first-order valence-corrected chi connectivity index (χ1v) is 8.37. The Kier molecular flexibility index (Phi) is 7.60. The van der Waals surface area contributed by atoms with E-state index in [1.807, 2.05) is 6.07 Å². The van der Waals surface area contributed by atoms with Gasteiger partial charge in [0, 0.05) is 19.1 Å². The van der Waals surface area contributed by atoms with E-state index in [-0.39, 0.29) is 0 Å². The summed E-state index contributed by atoms with van der Waals surface area (Å²) in [5.41, 5.74) is 1.34. The van der Waals surface area contributed by atoms with Crippen molar-refractivity contribution < 1.29 is 4.74 Å². The Morgan fingerprint density at radius 1 is 1.20 bits per heavy atom. The van der Waals surface area contributed by atoms with Crippen molar-refractivity contribution in [1.82, 2.24) is 4.90 Å². The predicted molar refractivity (Wildman–Crippen MR) is 90.3 cm³/mol. The molecule has 2 nitrogen and oxygen atoms in total. The first kappa shape index (κ1) is 17.5. The third-order valence-electron chi connectivity index (χ3n) is 3.66. The number of hydrogen-bond acceptors (Lipinski definition) is 2. The van der Waals surface area contributed by atoms with Crippen LogP contribution in [0.5, 0.6) is 5.75 Å². The van der Waals surface area contributed by atoms with Gasteiger partial charge in [-0.2, -0.15) is 0 Å². The van der Waals surface area contributed by atoms with Crippen LogP contribution in [-0.4, -0.2) is 24.6 Å². The molecule has 0 heterocycles. The topological polar surface area (TPSA) is 12.5 Å². The Bertz CT molecular complexity index is 402. The molecule has 0 N–H and O–H groups in total. The molecule has 0 saturated heterocycles. The third-order valence-corrected chi connectivity index (χ3v) is 4.28. The average molecular weight is 342 g/mol. The number of methoxy groups -OCH3 is 1. The molecule has 1 aromatic rings. The molecule has 0 aliphatic heterocycles. The van der Waals surface area contributed by atoms with Gasteiger partial charge in [-0.3, -0.25) is 4.90 Å². The number of benzene rings is 1. The van der Waals surface area contributed by atoms with Gasteiger partial charge in [0.05, 0.1) is 11.6 Å². The lowest BCUT2D eigenvalue weighted by atomic mass is 10.1. The molecule has 0 spiro atoms. The van der Waals surface area contributed by atoms with Crippen LogP contribution in [-0.2, 0) is 6.54 Å². The summed E-state index contributed by atoms with van der Waals surface area (Å²) < 4.78 is 6.33. The second kappa shape index (κ2) is 8.68. The Hall–Kier alpha value is -0.540. The van der Waals surface area contributed by atoms with Crippen molar-refractivity contribution in [2.75, 3.05) is 13.7 Å². The highest BCUT2D eigenvalue weighted by Crippen LogP contribution is 2.26. The summed E-state index contributed by atoms with van der Waals surface area (Å²) in [7, 11) is 1.70. The summed E-state index contributed by atoms with van der Waals surface area (Å²) in [5, 5.41) is 0. The fourth-order valence-corrected chi connectivity index (χ4v) is 3.25. The molecule has 0 radical (unpaired) electrons. The molecular formula is C17H28BrNO. The van der Waals surface area contributed by atoms with Gasteiger partial charge in [-0.1, -0.05) is 33.8 Å². The van der Waals surface area contributed by atoms with Gasteiger partial charge in [-0.25, -0.2) is 0 Å². The Balaban J connectivity index is 2.85. The number of halogens is 1. The minimum Gasteiger partial charge on any atom is -0.496 e. The van der Waals surface area contributed by atoms with Crippen LogP contribution in [0.25, 0.3) is 0 Å². The third kappa shape index (κ3) is 5.10. The SMILES string of the molecule is CCC(CC)N(Cc1ccc(OC)c(Br)c1)CC(C)C. The fraction of sp³-hybridized carbons (Fsp3) is 0.647. The van der Waals surface area contributed by atoms with E-state index < -0.39 is 0 Å². The molecule has 114 valence electrons. The zero-order valence-electron chi connectivity index (χ0n) is 13.4. The molecule has 1 aromatic carbocycles. The molecular weight excluding hydrogens is 314 g/mol. The van der Waals surface area contributed by atoms with Crippen LogP contribution in [0, 0.1) is 5.92 Å². The normalized spacial score (nSPS) is 11.7. The summed E-state index contributed by atoms with van der Waals surface area (Å²) >= 11 is 3.58. The van der Waals surface area contributed by atoms with Crippen molar-refractivity contribution in [3.63, 3.8) is 0 Å². The van der Waals surface area contributed by atoms with Crippen LogP contribution < -0.4 is 4.74 Å². The van der Waals surface area contributed by atoms with Crippen molar-refractivity contribution in [2.45, 2.75) is 53.1 Å². The predicted octanol–water partition coefficient (Wildman–Crippen LogP) is 5.10. The number of rotatable bonds is 8. The van der Waals surface area contributed by atoms with E-state index >= 15 is 0 Å². The lowest BCUT2D eigenvalue weighted by Gasteiger charge is -2.32. The van der Waals surface area contributed by atoms with Crippen LogP contribution in [0.15, 0.2) is 22.7 Å². The van der Waals surface area contributed by atoms with Crippen molar-refractivity contribution in [1.29, 1.82) is 0 Å². The van der Waals surface area contributed by atoms with Crippen molar-refractivity contribution >= 4 is 15.9 Å². The molecule has 20 heavy (non-hydrogen) atoms. The average Bonchev–Trinajstić information content (AvgIpc) is 2.39. The highest BCUT2D eigenvalue weighted by atomic mass is 79.9. The Morgan fingerprint density at radius 2 is 1.85 bits per heavy atom. The van der Waals surface area contributed by atoms with Gasteiger partial charge >= 0.3 is 0 Å². The summed E-state index contributed by atoms with van der Waals surface area (Å²) in [5.74, 6) is 1.59. The zero-order valence-corrected chi connectivity index (χ0v) is 15.0. The fourth-order valence-electron chi connectivity index (χ4n) is 2.66. The highest BCUT2D eigenvalue weighted by molar-refractivity contribution is 9.10. The maximum absolute atomic E-state index is 5.30. The largest absolute Gasteiger partial charge is 0.496 e. The van der Waals surface area contributed by atoms with Gasteiger partial charge in [-0.15, -0.1) is 0 Å². The van der Waals surface area contributed by atoms with Crippen molar-refractivity contribution in [2.24, 2.45) is 5.92 Å². The Labute approximate surface area is 132 Å². The maximum atomic E-state index is 5.30. The quantitative estimate of drug-likeness (QED) is 0.651. The van der Waals surface area contributed by atoms with Crippen molar-refractivity contribution in [3.8, 4) is 5.75 Å². The van der Waals surface area contributed by atoms with E-state index in [1.54, 1.807) is 7.11 Å². The van der Waals surface area contributed by atoms with Gasteiger partial charge in [0.2, 0.25) is 0 Å². The molecule has 0 fully saturated rings. The second-order valence-corrected chi connectivity index (χ2v) is 6.62. The smallest absolute Gasteiger partial charge is 0.133 e. The summed E-state index contributed by atoms with van der Waals surface area (Å²) in [6, 6.07) is 7.05. The molecule has 0 aliphatic rings. The van der Waals surface area contributed by atoms with Crippen molar-refractivity contribution in [3.05, 3.63) is 28.2 Å². The summed E-state index contributed by atoms with van der Waals surface area (Å²) in [6.07, 6.45) is 2.42. The van der Waals surface area contributed by atoms with E-state index in [0.29, 0.717) is 12.0 Å². The number of nitrogens with zero attached hydrogens (tertiary/aromatic N) is 1. The van der Waals surface area contributed by atoms with Crippen LogP contribution in [0.3, 0.4) is 0 Å². The molecule has 0 atom stereocenters. The standard InChI is InChI=1S/C17H28BrNO/c1-6-15(7-2)19(11-13(3)4)12-14-8-9-17(20-5)16(18)10-14/h8-10,13,15H,6-7,11-12H2,1-5H3. The molecule has 0 saturated carbocycles. The number of ether oxygens (including phenoxy) is 1. The minimum absolute atomic E-state index is 0.665. The van der Waals surface area contributed by atoms with Gasteiger partial charge in [0.15, 0.2) is 0 Å². The molecule has 0 unspecified atom stereocenters. The minimum atomic E-state index is 0.665. The second-order valence-electron chi connectivity index (χ2n) is 5.76. The molecule has 0 amide bonds. The Morgan fingerprint density at radius 3 is 2.30 bits per heavy atom. The van der Waals surface area contributed by atoms with E-state index in [2.05, 4.69) is 60.7 Å². The van der Waals surface area contributed by atoms with E-state index in [4.69, 9.17) is 4.74 Å². The van der Waals surface area contributed by atoms with Crippen LogP contribution in [0.4, 0.5) is 0 Å². The van der Waals surface area contributed by atoms with Gasteiger partial charge < -0.3 is 4.74 Å². The van der Waals surface area contributed by atoms with E-state index in [9.17, 15) is 0 Å². The molecule has 0 bridgehead atoms. The molecule has 0 aliphatic carbocycles. The lowest BCUT2D eigenvalue weighted by Crippen LogP contribution is -2.36. The molecule has 0 aromatic heterocycles. The maximum Gasteiger partial charge on any atom is 0.133 e. The lowest BCUT2D eigenvalue weighted by molar-refractivity contribution is 0.157. The summed E-state index contributed by atoms with van der Waals surface area (Å²) in [6.45, 7) is 11.3. The van der Waals surface area contributed by atoms with E-state index in [0.717, 1.165) is 23.3 Å². The number of hydrogen-bond donors (Lipinski definition) is 0. The van der Waals surface area contributed by atoms with Gasteiger partial charge in [-0.05, 0) is 52.4 Å². The monoisotopic (exact) mass is 341 g/mol. The summed E-state index contributed by atoms with van der Waals surface area (Å²) in [4.78, 5) is 2.61. The van der Waals surface area contributed by atoms with Crippen LogP contribution in [0.2, 0.25) is 0 Å². The molecule has 3 heteroatoms. The first-order valence-electron chi connectivity index (χ1n) is 7.58. The van der Waals surface area contributed by atoms with Gasteiger partial charge in [0.25, 0.3) is 0 Å². The van der Waals surface area contributed by atoms with Gasteiger partial charge in [0.1, 0.15) is 5.75 Å². The highest BCUT2D eigenvalue weighted by Gasteiger charge is 2.17. The first-order chi connectivity index (χ1) is 9.51. The van der Waals surface area contributed by atoms with Crippen LogP contribution >= 0.6 is 15.9 Å².